The van der Waals surface area contributed by atoms with Crippen molar-refractivity contribution in [2.24, 2.45) is 0 Å². The molecule has 1 aliphatic heterocycles. The van der Waals surface area contributed by atoms with E-state index in [1.807, 2.05) is 61.2 Å². The van der Waals surface area contributed by atoms with Gasteiger partial charge in [-0.1, -0.05) is 24.3 Å². The van der Waals surface area contributed by atoms with Gasteiger partial charge in [0, 0.05) is 62.1 Å². The van der Waals surface area contributed by atoms with Gasteiger partial charge in [-0.3, -0.25) is 9.69 Å². The highest BCUT2D eigenvalue weighted by molar-refractivity contribution is 5.94. The van der Waals surface area contributed by atoms with Crippen molar-refractivity contribution in [3.05, 3.63) is 83.7 Å². The van der Waals surface area contributed by atoms with Crippen molar-refractivity contribution in [1.29, 1.82) is 0 Å². The van der Waals surface area contributed by atoms with Crippen LogP contribution in [0, 0.1) is 5.82 Å². The summed E-state index contributed by atoms with van der Waals surface area (Å²) in [5, 5.41) is 9.72. The summed E-state index contributed by atoms with van der Waals surface area (Å²) in [7, 11) is 0. The van der Waals surface area contributed by atoms with E-state index in [1.54, 1.807) is 24.3 Å². The molecule has 4 rings (SSSR count). The zero-order chi connectivity index (χ0) is 24.9. The number of nitrogens with zero attached hydrogens (tertiary/aromatic N) is 3. The lowest BCUT2D eigenvalue weighted by molar-refractivity contribution is 0.0773. The summed E-state index contributed by atoms with van der Waals surface area (Å²) in [5.74, 6) is 0.00916. The SMILES string of the molecule is CCN(CC)C(=O)c1ccc(N2CCN(C(C)c3ccc(-c4cccc(O)c4)cc3F)CC2)cc1. The van der Waals surface area contributed by atoms with E-state index in [0.29, 0.717) is 24.2 Å². The minimum atomic E-state index is -0.228. The van der Waals surface area contributed by atoms with Gasteiger partial charge in [-0.15, -0.1) is 0 Å². The van der Waals surface area contributed by atoms with Crippen LogP contribution in [0.4, 0.5) is 10.1 Å². The van der Waals surface area contributed by atoms with Gasteiger partial charge in [-0.2, -0.15) is 0 Å². The first-order chi connectivity index (χ1) is 16.9. The first-order valence-electron chi connectivity index (χ1n) is 12.4. The predicted octanol–water partition coefficient (Wildman–Crippen LogP) is 5.56. The number of aromatic hydroxyl groups is 1. The molecule has 35 heavy (non-hydrogen) atoms. The number of rotatable bonds is 7. The summed E-state index contributed by atoms with van der Waals surface area (Å²) in [6, 6.07) is 20.0. The van der Waals surface area contributed by atoms with Crippen molar-refractivity contribution < 1.29 is 14.3 Å². The fraction of sp³-hybridized carbons (Fsp3) is 0.345. The lowest BCUT2D eigenvalue weighted by Crippen LogP contribution is -2.47. The van der Waals surface area contributed by atoms with E-state index in [1.165, 1.54) is 0 Å². The summed E-state index contributed by atoms with van der Waals surface area (Å²) in [6.45, 7) is 10.8. The van der Waals surface area contributed by atoms with Crippen molar-refractivity contribution in [2.45, 2.75) is 26.8 Å². The first-order valence-corrected chi connectivity index (χ1v) is 12.4. The Balaban J connectivity index is 1.38. The van der Waals surface area contributed by atoms with E-state index >= 15 is 4.39 Å². The van der Waals surface area contributed by atoms with E-state index in [0.717, 1.165) is 43.0 Å². The Kier molecular flexibility index (Phi) is 7.71. The second-order valence-electron chi connectivity index (χ2n) is 9.01. The van der Waals surface area contributed by atoms with Gasteiger partial charge in [-0.05, 0) is 74.4 Å². The molecule has 1 amide bonds. The van der Waals surface area contributed by atoms with Gasteiger partial charge in [-0.25, -0.2) is 4.39 Å². The number of amides is 1. The molecule has 3 aromatic carbocycles. The summed E-state index contributed by atoms with van der Waals surface area (Å²) in [5.41, 5.74) is 4.05. The van der Waals surface area contributed by atoms with Gasteiger partial charge in [0.15, 0.2) is 0 Å². The summed E-state index contributed by atoms with van der Waals surface area (Å²) in [6.07, 6.45) is 0. The van der Waals surface area contributed by atoms with E-state index in [2.05, 4.69) is 16.7 Å². The molecule has 0 aromatic heterocycles. The number of carbonyl (C=O) groups excluding carboxylic acids is 1. The molecule has 1 N–H and O–H groups in total. The third-order valence-corrected chi connectivity index (χ3v) is 7.02. The van der Waals surface area contributed by atoms with Crippen LogP contribution in [-0.4, -0.2) is 60.1 Å². The third kappa shape index (κ3) is 5.49. The molecular weight excluding hydrogens is 441 g/mol. The Morgan fingerprint density at radius 3 is 2.20 bits per heavy atom. The fourth-order valence-electron chi connectivity index (χ4n) is 4.80. The van der Waals surface area contributed by atoms with Crippen LogP contribution in [0.15, 0.2) is 66.7 Å². The van der Waals surface area contributed by atoms with Crippen LogP contribution in [0.1, 0.15) is 42.7 Å². The van der Waals surface area contributed by atoms with Crippen LogP contribution in [0.2, 0.25) is 0 Å². The Morgan fingerprint density at radius 2 is 1.60 bits per heavy atom. The maximum Gasteiger partial charge on any atom is 0.253 e. The molecule has 3 aromatic rings. The average Bonchev–Trinajstić information content (AvgIpc) is 2.89. The predicted molar refractivity (Wildman–Crippen MR) is 139 cm³/mol. The van der Waals surface area contributed by atoms with E-state index in [9.17, 15) is 9.90 Å². The van der Waals surface area contributed by atoms with Gasteiger partial charge in [0.05, 0.1) is 0 Å². The molecule has 1 fully saturated rings. The Hall–Kier alpha value is -3.38. The first kappa shape index (κ1) is 24.7. The van der Waals surface area contributed by atoms with Crippen LogP contribution in [0.5, 0.6) is 5.75 Å². The highest BCUT2D eigenvalue weighted by Crippen LogP contribution is 2.30. The zero-order valence-electron chi connectivity index (χ0n) is 20.7. The van der Waals surface area contributed by atoms with Crippen LogP contribution in [0.25, 0.3) is 11.1 Å². The number of piperazine rings is 1. The Labute approximate surface area is 207 Å². The molecule has 0 aliphatic carbocycles. The number of halogens is 1. The third-order valence-electron chi connectivity index (χ3n) is 7.02. The molecule has 0 spiro atoms. The fourth-order valence-corrected chi connectivity index (χ4v) is 4.80. The van der Waals surface area contributed by atoms with Crippen molar-refractivity contribution >= 4 is 11.6 Å². The molecule has 1 heterocycles. The number of hydrogen-bond acceptors (Lipinski definition) is 4. The number of phenolic OH excluding ortho intramolecular Hbond substituents is 1. The summed E-state index contributed by atoms with van der Waals surface area (Å²) in [4.78, 5) is 19.0. The second-order valence-corrected chi connectivity index (χ2v) is 9.01. The topological polar surface area (TPSA) is 47.0 Å². The molecule has 6 heteroatoms. The molecule has 1 atom stereocenters. The molecular formula is C29H34FN3O2. The van der Waals surface area contributed by atoms with Gasteiger partial charge in [0.25, 0.3) is 5.91 Å². The van der Waals surface area contributed by atoms with Crippen molar-refractivity contribution in [1.82, 2.24) is 9.80 Å². The van der Waals surface area contributed by atoms with E-state index in [-0.39, 0.29) is 23.5 Å². The largest absolute Gasteiger partial charge is 0.508 e. The normalized spacial score (nSPS) is 15.1. The van der Waals surface area contributed by atoms with Gasteiger partial charge >= 0.3 is 0 Å². The van der Waals surface area contributed by atoms with E-state index in [4.69, 9.17) is 0 Å². The molecule has 5 nitrogen and oxygen atoms in total. The molecule has 1 aliphatic rings. The standard InChI is InChI=1S/C29H34FN3O2/c1-4-31(5-2)29(35)22-9-12-25(13-10-22)33-17-15-32(16-18-33)21(3)27-14-11-24(20-28(27)30)23-7-6-8-26(34)19-23/h6-14,19-21,34H,4-5,15-18H2,1-3H3. The minimum Gasteiger partial charge on any atom is -0.508 e. The monoisotopic (exact) mass is 475 g/mol. The number of benzene rings is 3. The lowest BCUT2D eigenvalue weighted by Gasteiger charge is -2.39. The van der Waals surface area contributed by atoms with Crippen molar-refractivity contribution in [3.63, 3.8) is 0 Å². The van der Waals surface area contributed by atoms with Crippen LogP contribution >= 0.6 is 0 Å². The molecule has 0 radical (unpaired) electrons. The summed E-state index contributed by atoms with van der Waals surface area (Å²) < 4.78 is 15.1. The Bertz CT molecular complexity index is 1150. The Morgan fingerprint density at radius 1 is 0.943 bits per heavy atom. The lowest BCUT2D eigenvalue weighted by atomic mass is 9.99. The number of hydrogen-bond donors (Lipinski definition) is 1. The molecule has 1 unspecified atom stereocenters. The summed E-state index contributed by atoms with van der Waals surface area (Å²) >= 11 is 0. The molecule has 0 saturated carbocycles. The van der Waals surface area contributed by atoms with Crippen LogP contribution in [0.3, 0.4) is 0 Å². The maximum absolute atomic E-state index is 15.1. The highest BCUT2D eigenvalue weighted by Gasteiger charge is 2.24. The van der Waals surface area contributed by atoms with Crippen molar-refractivity contribution in [3.8, 4) is 16.9 Å². The van der Waals surface area contributed by atoms with Crippen molar-refractivity contribution in [2.75, 3.05) is 44.2 Å². The van der Waals surface area contributed by atoms with Gasteiger partial charge in [0.2, 0.25) is 0 Å². The minimum absolute atomic E-state index is 0.0376. The maximum atomic E-state index is 15.1. The van der Waals surface area contributed by atoms with Crippen LogP contribution in [-0.2, 0) is 0 Å². The molecule has 184 valence electrons. The van der Waals surface area contributed by atoms with E-state index < -0.39 is 0 Å². The number of anilines is 1. The number of phenols is 1. The van der Waals surface area contributed by atoms with Gasteiger partial charge in [0.1, 0.15) is 11.6 Å². The van der Waals surface area contributed by atoms with Gasteiger partial charge < -0.3 is 14.9 Å². The second kappa shape index (κ2) is 10.9. The quantitative estimate of drug-likeness (QED) is 0.486. The number of carbonyl (C=O) groups is 1. The van der Waals surface area contributed by atoms with Crippen LogP contribution < -0.4 is 4.90 Å². The smallest absolute Gasteiger partial charge is 0.253 e. The highest BCUT2D eigenvalue weighted by atomic mass is 19.1. The molecule has 0 bridgehead atoms. The zero-order valence-corrected chi connectivity index (χ0v) is 20.7. The average molecular weight is 476 g/mol. The molecule has 1 saturated heterocycles.